The highest BCUT2D eigenvalue weighted by Gasteiger charge is 2.38. The first-order valence-corrected chi connectivity index (χ1v) is 8.14. The Bertz CT molecular complexity index is 724. The summed E-state index contributed by atoms with van der Waals surface area (Å²) in [7, 11) is 0. The summed E-state index contributed by atoms with van der Waals surface area (Å²) in [6, 6.07) is 1.23. The van der Waals surface area contributed by atoms with Crippen molar-refractivity contribution in [1.29, 1.82) is 0 Å². The van der Waals surface area contributed by atoms with Gasteiger partial charge in [-0.15, -0.1) is 0 Å². The lowest BCUT2D eigenvalue weighted by Gasteiger charge is -2.25. The molecule has 2 aromatic rings. The van der Waals surface area contributed by atoms with Gasteiger partial charge in [-0.2, -0.15) is 13.2 Å². The summed E-state index contributed by atoms with van der Waals surface area (Å²) in [6.07, 6.45) is 2.42. The zero-order chi connectivity index (χ0) is 18.2. The Morgan fingerprint density at radius 3 is 1.92 bits per heavy atom. The monoisotopic (exact) mass is 356 g/mol. The predicted molar refractivity (Wildman–Crippen MR) is 82.8 cm³/mol. The molecule has 0 amide bonds. The van der Waals surface area contributed by atoms with E-state index in [4.69, 9.17) is 0 Å². The Labute approximate surface area is 142 Å². The van der Waals surface area contributed by atoms with E-state index in [2.05, 4.69) is 16.9 Å². The maximum absolute atomic E-state index is 13.7. The highest BCUT2D eigenvalue weighted by molar-refractivity contribution is 5.56. The third-order valence-corrected chi connectivity index (χ3v) is 4.74. The molecular weight excluding hydrogens is 339 g/mol. The van der Waals surface area contributed by atoms with Crippen LogP contribution in [0.3, 0.4) is 0 Å². The van der Waals surface area contributed by atoms with Crippen molar-refractivity contribution in [3.05, 3.63) is 47.3 Å². The minimum absolute atomic E-state index is 0.000507. The smallest absolute Gasteiger partial charge is 0.236 e. The van der Waals surface area contributed by atoms with E-state index in [1.807, 2.05) is 0 Å². The second-order valence-electron chi connectivity index (χ2n) is 6.61. The molecule has 1 saturated carbocycles. The van der Waals surface area contributed by atoms with E-state index in [1.54, 1.807) is 12.4 Å². The number of rotatable bonds is 2. The van der Waals surface area contributed by atoms with Crippen LogP contribution in [0.1, 0.15) is 49.7 Å². The van der Waals surface area contributed by atoms with Gasteiger partial charge in [-0.1, -0.05) is 19.8 Å². The zero-order valence-electron chi connectivity index (χ0n) is 13.6. The lowest BCUT2D eigenvalue weighted by molar-refractivity contribution is -0.142. The van der Waals surface area contributed by atoms with Crippen LogP contribution in [0.15, 0.2) is 24.5 Å². The van der Waals surface area contributed by atoms with E-state index in [0.717, 1.165) is 31.2 Å². The molecule has 1 fully saturated rings. The molecule has 1 aliphatic carbocycles. The number of alkyl halides is 3. The number of halogens is 5. The molecule has 0 bridgehead atoms. The summed E-state index contributed by atoms with van der Waals surface area (Å²) in [4.78, 5) is 8.18. The van der Waals surface area contributed by atoms with Crippen molar-refractivity contribution in [3.8, 4) is 11.4 Å². The highest BCUT2D eigenvalue weighted by atomic mass is 19.4. The second-order valence-corrected chi connectivity index (χ2v) is 6.61. The highest BCUT2D eigenvalue weighted by Crippen LogP contribution is 2.37. The molecule has 0 spiro atoms. The van der Waals surface area contributed by atoms with Gasteiger partial charge in [0.15, 0.2) is 5.82 Å². The van der Waals surface area contributed by atoms with Crippen LogP contribution in [0.4, 0.5) is 22.0 Å². The van der Waals surface area contributed by atoms with Crippen LogP contribution in [0.25, 0.3) is 11.4 Å². The molecule has 1 aliphatic rings. The Balaban J connectivity index is 1.85. The van der Waals surface area contributed by atoms with E-state index in [-0.39, 0.29) is 11.4 Å². The van der Waals surface area contributed by atoms with Crippen LogP contribution in [-0.2, 0) is 6.18 Å². The van der Waals surface area contributed by atoms with Crippen molar-refractivity contribution < 1.29 is 22.0 Å². The van der Waals surface area contributed by atoms with Crippen molar-refractivity contribution in [2.75, 3.05) is 0 Å². The quantitative estimate of drug-likeness (QED) is 0.642. The molecule has 0 aliphatic heterocycles. The van der Waals surface area contributed by atoms with Gasteiger partial charge >= 0.3 is 6.18 Å². The fourth-order valence-electron chi connectivity index (χ4n) is 3.26. The summed E-state index contributed by atoms with van der Waals surface area (Å²) in [5, 5.41) is 0. The molecule has 134 valence electrons. The van der Waals surface area contributed by atoms with Crippen molar-refractivity contribution in [3.63, 3.8) is 0 Å². The summed E-state index contributed by atoms with van der Waals surface area (Å²) in [5.74, 6) is -2.28. The van der Waals surface area contributed by atoms with Gasteiger partial charge in [-0.3, -0.25) is 0 Å². The molecule has 1 heterocycles. The first kappa shape index (κ1) is 17.8. The van der Waals surface area contributed by atoms with E-state index >= 15 is 0 Å². The Morgan fingerprint density at radius 2 is 1.44 bits per heavy atom. The van der Waals surface area contributed by atoms with Gasteiger partial charge in [0, 0.05) is 18.0 Å². The number of hydrogen-bond acceptors (Lipinski definition) is 2. The maximum atomic E-state index is 13.7. The van der Waals surface area contributed by atoms with Gasteiger partial charge in [0.2, 0.25) is 0 Å². The van der Waals surface area contributed by atoms with Gasteiger partial charge in [0.25, 0.3) is 0 Å². The van der Waals surface area contributed by atoms with Crippen LogP contribution in [0, 0.1) is 17.6 Å². The first-order valence-electron chi connectivity index (χ1n) is 8.14. The van der Waals surface area contributed by atoms with Crippen molar-refractivity contribution in [2.24, 2.45) is 5.92 Å². The average molecular weight is 356 g/mol. The maximum Gasteiger partial charge on any atom is 0.422 e. The van der Waals surface area contributed by atoms with Crippen LogP contribution in [-0.4, -0.2) is 9.97 Å². The lowest BCUT2D eigenvalue weighted by atomic mass is 9.80. The van der Waals surface area contributed by atoms with Gasteiger partial charge in [-0.25, -0.2) is 18.7 Å². The topological polar surface area (TPSA) is 25.8 Å². The van der Waals surface area contributed by atoms with Crippen LogP contribution < -0.4 is 0 Å². The third kappa shape index (κ3) is 3.80. The van der Waals surface area contributed by atoms with Crippen LogP contribution in [0.5, 0.6) is 0 Å². The lowest BCUT2D eigenvalue weighted by Crippen LogP contribution is -2.12. The van der Waals surface area contributed by atoms with Crippen molar-refractivity contribution >= 4 is 0 Å². The molecule has 0 N–H and O–H groups in total. The largest absolute Gasteiger partial charge is 0.422 e. The van der Waals surface area contributed by atoms with Crippen molar-refractivity contribution in [2.45, 2.75) is 44.7 Å². The molecule has 0 radical (unpaired) electrons. The molecule has 2 nitrogen and oxygen atoms in total. The SMILES string of the molecule is CC1CCC(c2cnc(-c3cc(F)c(C(F)(F)F)c(F)c3)nc2)CC1. The van der Waals surface area contributed by atoms with Crippen LogP contribution in [0.2, 0.25) is 0 Å². The molecule has 0 saturated heterocycles. The predicted octanol–water partition coefficient (Wildman–Crippen LogP) is 5.73. The number of aromatic nitrogens is 2. The summed E-state index contributed by atoms with van der Waals surface area (Å²) in [5.41, 5.74) is -1.07. The van der Waals surface area contributed by atoms with E-state index < -0.39 is 23.4 Å². The Morgan fingerprint density at radius 1 is 0.920 bits per heavy atom. The standard InChI is InChI=1S/C18H17F5N2/c1-10-2-4-11(5-3-10)13-8-24-17(25-9-13)12-6-14(19)16(15(20)7-12)18(21,22)23/h6-11H,2-5H2,1H3. The number of benzene rings is 1. The first-order chi connectivity index (χ1) is 11.8. The molecule has 25 heavy (non-hydrogen) atoms. The van der Waals surface area contributed by atoms with E-state index in [9.17, 15) is 22.0 Å². The fourth-order valence-corrected chi connectivity index (χ4v) is 3.26. The molecular formula is C18H17F5N2. The molecule has 7 heteroatoms. The summed E-state index contributed by atoms with van der Waals surface area (Å²) >= 11 is 0. The summed E-state index contributed by atoms with van der Waals surface area (Å²) in [6.45, 7) is 2.21. The number of hydrogen-bond donors (Lipinski definition) is 0. The molecule has 3 rings (SSSR count). The van der Waals surface area contributed by atoms with Gasteiger partial charge in [-0.05, 0) is 42.4 Å². The molecule has 1 aromatic carbocycles. The third-order valence-electron chi connectivity index (χ3n) is 4.74. The van der Waals surface area contributed by atoms with Crippen LogP contribution >= 0.6 is 0 Å². The van der Waals surface area contributed by atoms with E-state index in [1.165, 1.54) is 0 Å². The zero-order valence-corrected chi connectivity index (χ0v) is 13.6. The Kier molecular flexibility index (Phi) is 4.75. The van der Waals surface area contributed by atoms with E-state index in [0.29, 0.717) is 24.0 Å². The van der Waals surface area contributed by atoms with Crippen molar-refractivity contribution in [1.82, 2.24) is 9.97 Å². The average Bonchev–Trinajstić information content (AvgIpc) is 2.54. The summed E-state index contributed by atoms with van der Waals surface area (Å²) < 4.78 is 65.2. The fraction of sp³-hybridized carbons (Fsp3) is 0.444. The molecule has 0 unspecified atom stereocenters. The molecule has 1 aromatic heterocycles. The molecule has 0 atom stereocenters. The second kappa shape index (κ2) is 6.69. The normalized spacial score (nSPS) is 21.4. The van der Waals surface area contributed by atoms with Gasteiger partial charge < -0.3 is 0 Å². The van der Waals surface area contributed by atoms with Gasteiger partial charge in [0.1, 0.15) is 17.2 Å². The Hall–Kier alpha value is -2.05. The number of nitrogens with zero attached hydrogens (tertiary/aromatic N) is 2. The minimum Gasteiger partial charge on any atom is -0.236 e. The minimum atomic E-state index is -5.09. The van der Waals surface area contributed by atoms with Gasteiger partial charge in [0.05, 0.1) is 0 Å².